The number of aromatic nitrogens is 2. The summed E-state index contributed by atoms with van der Waals surface area (Å²) in [5.74, 6) is 0.803. The van der Waals surface area contributed by atoms with Crippen LogP contribution in [0.15, 0.2) is 24.3 Å². The number of hydrogen-bond donors (Lipinski definition) is 1. The van der Waals surface area contributed by atoms with Gasteiger partial charge in [0.25, 0.3) is 0 Å². The Balaban J connectivity index is 2.12. The van der Waals surface area contributed by atoms with Crippen LogP contribution in [0.1, 0.15) is 36.7 Å². The molecule has 0 radical (unpaired) electrons. The van der Waals surface area contributed by atoms with Crippen molar-refractivity contribution in [3.05, 3.63) is 47.0 Å². The molecule has 0 saturated carbocycles. The van der Waals surface area contributed by atoms with E-state index in [1.165, 1.54) is 17.7 Å². The van der Waals surface area contributed by atoms with Gasteiger partial charge in [-0.15, -0.1) is 0 Å². The minimum atomic E-state index is -0.240. The molecule has 1 aromatic carbocycles. The van der Waals surface area contributed by atoms with Gasteiger partial charge in [-0.2, -0.15) is 0 Å². The maximum atomic E-state index is 13.0. The Bertz CT molecular complexity index is 606. The summed E-state index contributed by atoms with van der Waals surface area (Å²) < 4.78 is 13.0. The summed E-state index contributed by atoms with van der Waals surface area (Å²) in [6.07, 6.45) is 0. The zero-order chi connectivity index (χ0) is 13.4. The number of fused-ring (bicyclic) bond motifs is 1. The molecule has 0 amide bonds. The van der Waals surface area contributed by atoms with Gasteiger partial charge in [0.2, 0.25) is 0 Å². The first-order valence-electron chi connectivity index (χ1n) is 6.51. The summed E-state index contributed by atoms with van der Waals surface area (Å²) in [7, 11) is 0. The van der Waals surface area contributed by atoms with Gasteiger partial charge in [-0.3, -0.25) is 0 Å². The monoisotopic (exact) mass is 257 g/mol. The predicted molar refractivity (Wildman–Crippen MR) is 72.1 cm³/mol. The fourth-order valence-corrected chi connectivity index (χ4v) is 2.40. The summed E-state index contributed by atoms with van der Waals surface area (Å²) >= 11 is 0. The van der Waals surface area contributed by atoms with Gasteiger partial charge in [0.05, 0.1) is 11.4 Å². The fraction of sp³-hybridized carbons (Fsp3) is 0.333. The van der Waals surface area contributed by atoms with Gasteiger partial charge < -0.3 is 5.32 Å². The number of nitrogens with one attached hydrogen (secondary N) is 1. The molecule has 0 aliphatic carbocycles. The molecule has 19 heavy (non-hydrogen) atoms. The molecule has 3 rings (SSSR count). The van der Waals surface area contributed by atoms with Crippen LogP contribution in [-0.4, -0.2) is 9.97 Å². The van der Waals surface area contributed by atoms with E-state index < -0.39 is 0 Å². The van der Waals surface area contributed by atoms with Crippen LogP contribution in [0.5, 0.6) is 0 Å². The zero-order valence-electron chi connectivity index (χ0n) is 11.1. The normalized spacial score (nSPS) is 13.9. The summed E-state index contributed by atoms with van der Waals surface area (Å²) in [5.41, 5.74) is 4.24. The molecule has 0 fully saturated rings. The van der Waals surface area contributed by atoms with Crippen LogP contribution in [0.25, 0.3) is 11.4 Å². The van der Waals surface area contributed by atoms with E-state index in [-0.39, 0.29) is 5.82 Å². The average Bonchev–Trinajstić information content (AvgIpc) is 2.86. The molecule has 0 bridgehead atoms. The van der Waals surface area contributed by atoms with Crippen LogP contribution in [0.3, 0.4) is 0 Å². The van der Waals surface area contributed by atoms with Gasteiger partial charge >= 0.3 is 0 Å². The van der Waals surface area contributed by atoms with E-state index in [0.29, 0.717) is 11.7 Å². The molecular formula is C15H16FN3. The minimum absolute atomic E-state index is 0.240. The van der Waals surface area contributed by atoms with Crippen molar-refractivity contribution in [2.45, 2.75) is 32.9 Å². The van der Waals surface area contributed by atoms with Gasteiger partial charge in [0.1, 0.15) is 5.82 Å². The van der Waals surface area contributed by atoms with E-state index in [2.05, 4.69) is 29.1 Å². The third-order valence-corrected chi connectivity index (χ3v) is 3.37. The quantitative estimate of drug-likeness (QED) is 0.898. The van der Waals surface area contributed by atoms with Gasteiger partial charge in [-0.1, -0.05) is 13.8 Å². The molecule has 98 valence electrons. The number of rotatable bonds is 2. The second-order valence-electron chi connectivity index (χ2n) is 5.12. The second-order valence-corrected chi connectivity index (χ2v) is 5.12. The average molecular weight is 257 g/mol. The molecule has 1 N–H and O–H groups in total. The Labute approximate surface area is 111 Å². The van der Waals surface area contributed by atoms with Crippen molar-refractivity contribution in [1.29, 1.82) is 0 Å². The van der Waals surface area contributed by atoms with E-state index in [1.807, 2.05) is 0 Å². The highest BCUT2D eigenvalue weighted by Gasteiger charge is 2.20. The van der Waals surface area contributed by atoms with Crippen molar-refractivity contribution in [1.82, 2.24) is 15.3 Å². The first-order chi connectivity index (χ1) is 9.15. The highest BCUT2D eigenvalue weighted by atomic mass is 19.1. The maximum Gasteiger partial charge on any atom is 0.159 e. The molecule has 2 heterocycles. The maximum absolute atomic E-state index is 13.0. The first kappa shape index (κ1) is 12.2. The zero-order valence-corrected chi connectivity index (χ0v) is 11.1. The van der Waals surface area contributed by atoms with Crippen LogP contribution < -0.4 is 5.32 Å². The highest BCUT2D eigenvalue weighted by molar-refractivity contribution is 5.56. The van der Waals surface area contributed by atoms with Gasteiger partial charge in [0, 0.05) is 24.2 Å². The lowest BCUT2D eigenvalue weighted by Gasteiger charge is -2.12. The molecule has 1 aromatic heterocycles. The third kappa shape index (κ3) is 2.24. The van der Waals surface area contributed by atoms with Crippen LogP contribution in [0.2, 0.25) is 0 Å². The summed E-state index contributed by atoms with van der Waals surface area (Å²) in [5, 5.41) is 3.31. The Kier molecular flexibility index (Phi) is 3.03. The summed E-state index contributed by atoms with van der Waals surface area (Å²) in [6, 6.07) is 6.34. The number of benzene rings is 1. The van der Waals surface area contributed by atoms with Crippen molar-refractivity contribution < 1.29 is 4.39 Å². The van der Waals surface area contributed by atoms with E-state index in [0.717, 1.165) is 30.0 Å². The van der Waals surface area contributed by atoms with Crippen molar-refractivity contribution in [2.75, 3.05) is 0 Å². The Morgan fingerprint density at radius 3 is 2.53 bits per heavy atom. The molecule has 2 aromatic rings. The topological polar surface area (TPSA) is 37.8 Å². The molecule has 1 aliphatic heterocycles. The third-order valence-electron chi connectivity index (χ3n) is 3.37. The molecule has 0 unspecified atom stereocenters. The number of nitrogens with zero attached hydrogens (tertiary/aromatic N) is 2. The molecule has 3 nitrogen and oxygen atoms in total. The van der Waals surface area contributed by atoms with Crippen LogP contribution in [0, 0.1) is 5.82 Å². The van der Waals surface area contributed by atoms with E-state index in [4.69, 9.17) is 0 Å². The van der Waals surface area contributed by atoms with E-state index in [1.54, 1.807) is 12.1 Å². The van der Waals surface area contributed by atoms with Crippen molar-refractivity contribution in [3.63, 3.8) is 0 Å². The predicted octanol–water partition coefficient (Wildman–Crippen LogP) is 3.01. The van der Waals surface area contributed by atoms with Gasteiger partial charge in [0.15, 0.2) is 5.82 Å². The standard InChI is InChI=1S/C15H16FN3/c1-9(2)14-12-7-17-8-13(12)18-15(19-14)10-3-5-11(16)6-4-10/h3-6,9,17H,7-8H2,1-2H3. The molecule has 0 spiro atoms. The lowest BCUT2D eigenvalue weighted by Crippen LogP contribution is -2.05. The van der Waals surface area contributed by atoms with Crippen molar-refractivity contribution in [3.8, 4) is 11.4 Å². The number of halogens is 1. The van der Waals surface area contributed by atoms with Crippen LogP contribution in [-0.2, 0) is 13.1 Å². The van der Waals surface area contributed by atoms with Crippen LogP contribution >= 0.6 is 0 Å². The van der Waals surface area contributed by atoms with E-state index in [9.17, 15) is 4.39 Å². The van der Waals surface area contributed by atoms with Crippen LogP contribution in [0.4, 0.5) is 4.39 Å². The fourth-order valence-electron chi connectivity index (χ4n) is 2.40. The Morgan fingerprint density at radius 1 is 1.11 bits per heavy atom. The summed E-state index contributed by atoms with van der Waals surface area (Å²) in [4.78, 5) is 9.27. The largest absolute Gasteiger partial charge is 0.307 e. The van der Waals surface area contributed by atoms with Crippen molar-refractivity contribution in [2.24, 2.45) is 0 Å². The molecule has 0 saturated heterocycles. The van der Waals surface area contributed by atoms with Gasteiger partial charge in [-0.25, -0.2) is 14.4 Å². The highest BCUT2D eigenvalue weighted by Crippen LogP contribution is 2.26. The smallest absolute Gasteiger partial charge is 0.159 e. The SMILES string of the molecule is CC(C)c1nc(-c2ccc(F)cc2)nc2c1CNC2. The summed E-state index contributed by atoms with van der Waals surface area (Å²) in [6.45, 7) is 5.89. The van der Waals surface area contributed by atoms with Crippen molar-refractivity contribution >= 4 is 0 Å². The first-order valence-corrected chi connectivity index (χ1v) is 6.51. The van der Waals surface area contributed by atoms with E-state index >= 15 is 0 Å². The second kappa shape index (κ2) is 4.70. The molecule has 0 atom stereocenters. The Hall–Kier alpha value is -1.81. The number of hydrogen-bond acceptors (Lipinski definition) is 3. The lowest BCUT2D eigenvalue weighted by atomic mass is 10.0. The minimum Gasteiger partial charge on any atom is -0.307 e. The molecular weight excluding hydrogens is 241 g/mol. The van der Waals surface area contributed by atoms with Gasteiger partial charge in [-0.05, 0) is 30.2 Å². The molecule has 4 heteroatoms. The Morgan fingerprint density at radius 2 is 1.84 bits per heavy atom. The lowest BCUT2D eigenvalue weighted by molar-refractivity contribution is 0.628. The molecule has 1 aliphatic rings.